The number of nitrogens with zero attached hydrogens (tertiary/aromatic N) is 5. The molecule has 1 aliphatic heterocycles. The zero-order chi connectivity index (χ0) is 19.1. The van der Waals surface area contributed by atoms with Crippen molar-refractivity contribution in [2.75, 3.05) is 13.1 Å². The maximum atomic E-state index is 13.0. The lowest BCUT2D eigenvalue weighted by atomic mass is 10.2. The van der Waals surface area contributed by atoms with Crippen molar-refractivity contribution in [1.29, 1.82) is 0 Å². The van der Waals surface area contributed by atoms with Crippen molar-refractivity contribution < 1.29 is 12.8 Å². The van der Waals surface area contributed by atoms with Crippen LogP contribution in [0.3, 0.4) is 0 Å². The van der Waals surface area contributed by atoms with Crippen LogP contribution in [-0.4, -0.2) is 45.3 Å². The second-order valence-electron chi connectivity index (χ2n) is 6.66. The summed E-state index contributed by atoms with van der Waals surface area (Å²) in [6.45, 7) is 0.781. The first-order valence-corrected chi connectivity index (χ1v) is 10.3. The highest BCUT2D eigenvalue weighted by molar-refractivity contribution is 7.89. The Labute approximate surface area is 161 Å². The number of rotatable bonds is 4. The van der Waals surface area contributed by atoms with E-state index in [-0.39, 0.29) is 10.9 Å². The van der Waals surface area contributed by atoms with Gasteiger partial charge in [0.25, 0.3) is 0 Å². The van der Waals surface area contributed by atoms with E-state index in [9.17, 15) is 8.42 Å². The van der Waals surface area contributed by atoms with Crippen molar-refractivity contribution >= 4 is 21.2 Å². The maximum Gasteiger partial charge on any atom is 0.244 e. The Balaban J connectivity index is 1.55. The fourth-order valence-corrected chi connectivity index (χ4v) is 5.12. The van der Waals surface area contributed by atoms with E-state index in [0.717, 1.165) is 22.6 Å². The van der Waals surface area contributed by atoms with Gasteiger partial charge < -0.3 is 8.98 Å². The Bertz CT molecular complexity index is 1220. The van der Waals surface area contributed by atoms with Gasteiger partial charge in [-0.25, -0.2) is 18.4 Å². The van der Waals surface area contributed by atoms with Crippen molar-refractivity contribution in [3.63, 3.8) is 0 Å². The van der Waals surface area contributed by atoms with Crippen LogP contribution in [0.25, 0.3) is 22.6 Å². The molecule has 0 saturated carbocycles. The average Bonchev–Trinajstić information content (AvgIpc) is 3.46. The van der Waals surface area contributed by atoms with E-state index in [1.165, 1.54) is 10.5 Å². The summed E-state index contributed by atoms with van der Waals surface area (Å²) in [4.78, 5) is 13.3. The van der Waals surface area contributed by atoms with Crippen LogP contribution in [0.15, 0.2) is 70.8 Å². The Morgan fingerprint density at radius 1 is 1.14 bits per heavy atom. The molecule has 1 fully saturated rings. The van der Waals surface area contributed by atoms with Crippen molar-refractivity contribution in [3.05, 3.63) is 61.4 Å². The monoisotopic (exact) mass is 395 g/mol. The van der Waals surface area contributed by atoms with Crippen molar-refractivity contribution in [2.24, 2.45) is 0 Å². The number of hydrogen-bond acceptors (Lipinski definition) is 6. The van der Waals surface area contributed by atoms with Gasteiger partial charge in [0.1, 0.15) is 22.5 Å². The topological polar surface area (TPSA) is 94.1 Å². The largest absolute Gasteiger partial charge is 0.472 e. The summed E-state index contributed by atoms with van der Waals surface area (Å²) >= 11 is 0. The predicted octanol–water partition coefficient (Wildman–Crippen LogP) is 2.72. The minimum absolute atomic E-state index is 0.0729. The zero-order valence-corrected chi connectivity index (χ0v) is 15.7. The minimum Gasteiger partial charge on any atom is -0.472 e. The van der Waals surface area contributed by atoms with Crippen LogP contribution < -0.4 is 0 Å². The number of pyridine rings is 2. The normalized spacial score (nSPS) is 18.1. The van der Waals surface area contributed by atoms with Gasteiger partial charge in [0.2, 0.25) is 10.0 Å². The minimum atomic E-state index is -3.58. The Morgan fingerprint density at radius 2 is 2.04 bits per heavy atom. The Hall–Kier alpha value is -3.04. The molecule has 9 heteroatoms. The predicted molar refractivity (Wildman–Crippen MR) is 102 cm³/mol. The summed E-state index contributed by atoms with van der Waals surface area (Å²) in [7, 11) is -3.58. The fourth-order valence-electron chi connectivity index (χ4n) is 3.66. The number of aromatic nitrogens is 4. The Morgan fingerprint density at radius 3 is 2.82 bits per heavy atom. The first-order valence-electron chi connectivity index (χ1n) is 8.90. The van der Waals surface area contributed by atoms with E-state index in [1.54, 1.807) is 37.1 Å². The van der Waals surface area contributed by atoms with E-state index in [1.807, 2.05) is 22.8 Å². The van der Waals surface area contributed by atoms with Crippen LogP contribution in [0.5, 0.6) is 0 Å². The molecule has 28 heavy (non-hydrogen) atoms. The van der Waals surface area contributed by atoms with E-state index in [2.05, 4.69) is 9.97 Å². The fraction of sp³-hybridized carbons (Fsp3) is 0.211. The summed E-state index contributed by atoms with van der Waals surface area (Å²) < 4.78 is 34.7. The first-order chi connectivity index (χ1) is 13.6. The summed E-state index contributed by atoms with van der Waals surface area (Å²) in [6, 6.07) is 8.72. The number of hydrogen-bond donors (Lipinski definition) is 0. The molecule has 142 valence electrons. The highest BCUT2D eigenvalue weighted by atomic mass is 32.2. The molecule has 4 aromatic rings. The number of imidazole rings is 1. The quantitative estimate of drug-likeness (QED) is 0.527. The van der Waals surface area contributed by atoms with Crippen LogP contribution in [0.4, 0.5) is 0 Å². The molecule has 5 rings (SSSR count). The lowest BCUT2D eigenvalue weighted by Crippen LogP contribution is -2.29. The highest BCUT2D eigenvalue weighted by Gasteiger charge is 2.35. The lowest BCUT2D eigenvalue weighted by molar-refractivity contribution is 0.455. The molecule has 4 aromatic heterocycles. The molecule has 0 aliphatic carbocycles. The molecule has 1 unspecified atom stereocenters. The van der Waals surface area contributed by atoms with Gasteiger partial charge in [0.15, 0.2) is 5.65 Å². The second-order valence-corrected chi connectivity index (χ2v) is 8.60. The number of fused-ring (bicyclic) bond motifs is 1. The zero-order valence-electron chi connectivity index (χ0n) is 14.8. The van der Waals surface area contributed by atoms with Crippen LogP contribution in [0, 0.1) is 0 Å². The van der Waals surface area contributed by atoms with Crippen molar-refractivity contribution in [3.8, 4) is 11.4 Å². The molecule has 0 N–H and O–H groups in total. The summed E-state index contributed by atoms with van der Waals surface area (Å²) in [5.41, 5.74) is 2.35. The molecular formula is C19H17N5O3S. The SMILES string of the molecule is O=S(=O)(c1cccnc1)N1CCC(n2c(-c3ccoc3)nc3cccnc32)C1. The van der Waals surface area contributed by atoms with Gasteiger partial charge in [-0.2, -0.15) is 4.31 Å². The Kier molecular flexibility index (Phi) is 3.99. The molecule has 0 amide bonds. The van der Waals surface area contributed by atoms with E-state index in [4.69, 9.17) is 9.40 Å². The van der Waals surface area contributed by atoms with Crippen LogP contribution >= 0.6 is 0 Å². The van der Waals surface area contributed by atoms with E-state index >= 15 is 0 Å². The molecular weight excluding hydrogens is 378 g/mol. The molecule has 0 bridgehead atoms. The van der Waals surface area contributed by atoms with E-state index in [0.29, 0.717) is 19.5 Å². The van der Waals surface area contributed by atoms with Crippen molar-refractivity contribution in [2.45, 2.75) is 17.4 Å². The smallest absolute Gasteiger partial charge is 0.244 e. The summed E-state index contributed by atoms with van der Waals surface area (Å²) in [5.74, 6) is 0.730. The van der Waals surface area contributed by atoms with Gasteiger partial charge >= 0.3 is 0 Å². The van der Waals surface area contributed by atoms with Gasteiger partial charge in [-0.3, -0.25) is 4.98 Å². The van der Waals surface area contributed by atoms with Gasteiger partial charge in [0, 0.05) is 31.7 Å². The van der Waals surface area contributed by atoms with Gasteiger partial charge in [0.05, 0.1) is 17.9 Å². The third kappa shape index (κ3) is 2.71. The standard InChI is InChI=1S/C19H17N5O3S/c25-28(26,16-3-1-7-20-11-16)23-9-5-15(12-23)24-18(14-6-10-27-13-14)22-17-4-2-8-21-19(17)24/h1-4,6-8,10-11,13,15H,5,9,12H2. The summed E-state index contributed by atoms with van der Waals surface area (Å²) in [6.07, 6.45) is 8.57. The van der Waals surface area contributed by atoms with Crippen LogP contribution in [0.1, 0.15) is 12.5 Å². The first kappa shape index (κ1) is 17.1. The molecule has 0 aromatic carbocycles. The second kappa shape index (κ2) is 6.54. The highest BCUT2D eigenvalue weighted by Crippen LogP contribution is 2.34. The lowest BCUT2D eigenvalue weighted by Gasteiger charge is -2.18. The van der Waals surface area contributed by atoms with Gasteiger partial charge in [-0.05, 0) is 36.8 Å². The molecule has 1 atom stereocenters. The third-order valence-electron chi connectivity index (χ3n) is 4.99. The number of furan rings is 1. The van der Waals surface area contributed by atoms with Gasteiger partial charge in [-0.1, -0.05) is 0 Å². The molecule has 1 aliphatic rings. The molecule has 1 saturated heterocycles. The van der Waals surface area contributed by atoms with Crippen molar-refractivity contribution in [1.82, 2.24) is 23.8 Å². The number of sulfonamides is 1. The maximum absolute atomic E-state index is 13.0. The van der Waals surface area contributed by atoms with Gasteiger partial charge in [-0.15, -0.1) is 0 Å². The summed E-state index contributed by atoms with van der Waals surface area (Å²) in [5, 5.41) is 0. The average molecular weight is 395 g/mol. The molecule has 5 heterocycles. The molecule has 0 radical (unpaired) electrons. The third-order valence-corrected chi connectivity index (χ3v) is 6.84. The molecule has 8 nitrogen and oxygen atoms in total. The molecule has 0 spiro atoms. The van der Waals surface area contributed by atoms with Crippen LogP contribution in [0.2, 0.25) is 0 Å². The van der Waals surface area contributed by atoms with Crippen LogP contribution in [-0.2, 0) is 10.0 Å². The van der Waals surface area contributed by atoms with E-state index < -0.39 is 10.0 Å².